The maximum atomic E-state index is 12.6. The standard InChI is InChI=1S/C18H25N5O3S/c1-11-13(12-9-19-23(10-12)17(2,3)4)27-15(20-11)21-16(26)22-8-6-7-18(22,5)14(24)25/h9-10H,6-8H2,1-5H3,(H,24,25)(H,20,21,26)/t18-/m0/s1. The SMILES string of the molecule is Cc1nc(NC(=O)N2CCC[C@@]2(C)C(=O)O)sc1-c1cnn(C(C)(C)C)c1. The van der Waals surface area contributed by atoms with E-state index in [1.165, 1.54) is 16.2 Å². The Morgan fingerprint density at radius 2 is 2.07 bits per heavy atom. The van der Waals surface area contributed by atoms with Gasteiger partial charge in [0, 0.05) is 18.3 Å². The third-order valence-electron chi connectivity index (χ3n) is 4.89. The van der Waals surface area contributed by atoms with Crippen molar-refractivity contribution in [1.29, 1.82) is 0 Å². The van der Waals surface area contributed by atoms with Crippen molar-refractivity contribution in [2.45, 2.75) is 58.5 Å². The molecule has 9 heteroatoms. The molecular weight excluding hydrogens is 366 g/mol. The van der Waals surface area contributed by atoms with Gasteiger partial charge < -0.3 is 10.0 Å². The summed E-state index contributed by atoms with van der Waals surface area (Å²) in [6.45, 7) is 10.1. The Labute approximate surface area is 162 Å². The molecule has 0 aromatic carbocycles. The summed E-state index contributed by atoms with van der Waals surface area (Å²) in [4.78, 5) is 31.0. The molecule has 27 heavy (non-hydrogen) atoms. The summed E-state index contributed by atoms with van der Waals surface area (Å²) in [5.74, 6) is -0.985. The van der Waals surface area contributed by atoms with Gasteiger partial charge in [-0.3, -0.25) is 10.00 Å². The van der Waals surface area contributed by atoms with Crippen molar-refractivity contribution >= 4 is 28.5 Å². The molecule has 8 nitrogen and oxygen atoms in total. The summed E-state index contributed by atoms with van der Waals surface area (Å²) >= 11 is 1.36. The number of likely N-dealkylation sites (tertiary alicyclic amines) is 1. The van der Waals surface area contributed by atoms with Crippen LogP contribution in [0.3, 0.4) is 0 Å². The maximum absolute atomic E-state index is 12.6. The molecule has 2 amide bonds. The largest absolute Gasteiger partial charge is 0.480 e. The van der Waals surface area contributed by atoms with Crippen LogP contribution in [-0.4, -0.2) is 48.9 Å². The summed E-state index contributed by atoms with van der Waals surface area (Å²) in [5.41, 5.74) is 0.445. The molecular formula is C18H25N5O3S. The highest BCUT2D eigenvalue weighted by Gasteiger charge is 2.46. The van der Waals surface area contributed by atoms with Gasteiger partial charge in [-0.15, -0.1) is 0 Å². The van der Waals surface area contributed by atoms with Crippen molar-refractivity contribution < 1.29 is 14.7 Å². The molecule has 0 bridgehead atoms. The summed E-state index contributed by atoms with van der Waals surface area (Å²) in [7, 11) is 0. The number of carboxylic acids is 1. The first kappa shape index (κ1) is 19.3. The van der Waals surface area contributed by atoms with Crippen LogP contribution >= 0.6 is 11.3 Å². The fourth-order valence-corrected chi connectivity index (χ4v) is 4.13. The zero-order valence-electron chi connectivity index (χ0n) is 16.2. The number of amides is 2. The van der Waals surface area contributed by atoms with E-state index in [9.17, 15) is 14.7 Å². The van der Waals surface area contributed by atoms with E-state index in [0.29, 0.717) is 24.5 Å². The highest BCUT2D eigenvalue weighted by atomic mass is 32.1. The summed E-state index contributed by atoms with van der Waals surface area (Å²) in [5, 5.41) is 17.1. The normalized spacial score (nSPS) is 20.1. The Bertz CT molecular complexity index is 882. The van der Waals surface area contributed by atoms with E-state index in [4.69, 9.17) is 0 Å². The van der Waals surface area contributed by atoms with Crippen LogP contribution in [0.15, 0.2) is 12.4 Å². The molecule has 0 unspecified atom stereocenters. The Morgan fingerprint density at radius 3 is 2.67 bits per heavy atom. The summed E-state index contributed by atoms with van der Waals surface area (Å²) < 4.78 is 1.89. The number of carbonyl (C=O) groups is 2. The molecule has 146 valence electrons. The molecule has 0 aliphatic carbocycles. The quantitative estimate of drug-likeness (QED) is 0.833. The molecule has 1 fully saturated rings. The van der Waals surface area contributed by atoms with Crippen molar-refractivity contribution in [3.63, 3.8) is 0 Å². The smallest absolute Gasteiger partial charge is 0.329 e. The number of hydrogen-bond acceptors (Lipinski definition) is 5. The van der Waals surface area contributed by atoms with Gasteiger partial charge in [0.05, 0.1) is 22.3 Å². The fourth-order valence-electron chi connectivity index (χ4n) is 3.19. The first-order valence-corrected chi connectivity index (χ1v) is 9.69. The lowest BCUT2D eigenvalue weighted by Crippen LogP contribution is -2.52. The van der Waals surface area contributed by atoms with Gasteiger partial charge >= 0.3 is 12.0 Å². The molecule has 2 N–H and O–H groups in total. The molecule has 3 heterocycles. The number of nitrogens with zero attached hydrogens (tertiary/aromatic N) is 4. The van der Waals surface area contributed by atoms with Crippen LogP contribution < -0.4 is 5.32 Å². The van der Waals surface area contributed by atoms with Crippen LogP contribution in [-0.2, 0) is 10.3 Å². The van der Waals surface area contributed by atoms with Gasteiger partial charge in [0.25, 0.3) is 0 Å². The number of aliphatic carboxylic acids is 1. The number of aryl methyl sites for hydroxylation is 1. The molecule has 1 atom stereocenters. The number of urea groups is 1. The predicted octanol–water partition coefficient (Wildman–Crippen LogP) is 3.54. The maximum Gasteiger partial charge on any atom is 0.329 e. The predicted molar refractivity (Wildman–Crippen MR) is 104 cm³/mol. The summed E-state index contributed by atoms with van der Waals surface area (Å²) in [6, 6.07) is -0.428. The van der Waals surface area contributed by atoms with Gasteiger partial charge in [-0.05, 0) is 47.5 Å². The molecule has 0 spiro atoms. The van der Waals surface area contributed by atoms with Crippen LogP contribution in [0.2, 0.25) is 0 Å². The van der Waals surface area contributed by atoms with Crippen molar-refractivity contribution in [3.8, 4) is 10.4 Å². The average molecular weight is 391 g/mol. The van der Waals surface area contributed by atoms with Crippen LogP contribution in [0.25, 0.3) is 10.4 Å². The zero-order valence-corrected chi connectivity index (χ0v) is 17.1. The van der Waals surface area contributed by atoms with Gasteiger partial charge in [0.15, 0.2) is 5.13 Å². The van der Waals surface area contributed by atoms with E-state index in [1.54, 1.807) is 13.1 Å². The van der Waals surface area contributed by atoms with Gasteiger partial charge in [-0.1, -0.05) is 11.3 Å². The Balaban J connectivity index is 1.80. The van der Waals surface area contributed by atoms with Crippen molar-refractivity contribution in [2.75, 3.05) is 11.9 Å². The minimum absolute atomic E-state index is 0.120. The van der Waals surface area contributed by atoms with Crippen LogP contribution in [0, 0.1) is 6.92 Å². The highest BCUT2D eigenvalue weighted by molar-refractivity contribution is 7.19. The lowest BCUT2D eigenvalue weighted by Gasteiger charge is -2.30. The lowest BCUT2D eigenvalue weighted by molar-refractivity contribution is -0.146. The fraction of sp³-hybridized carbons (Fsp3) is 0.556. The van der Waals surface area contributed by atoms with Crippen LogP contribution in [0.4, 0.5) is 9.93 Å². The third-order valence-corrected chi connectivity index (χ3v) is 6.01. The van der Waals surface area contributed by atoms with E-state index >= 15 is 0 Å². The first-order chi connectivity index (χ1) is 12.5. The number of aromatic nitrogens is 3. The van der Waals surface area contributed by atoms with Gasteiger partial charge in [0.2, 0.25) is 0 Å². The second kappa shape index (κ2) is 6.63. The minimum Gasteiger partial charge on any atom is -0.480 e. The van der Waals surface area contributed by atoms with E-state index in [2.05, 4.69) is 36.2 Å². The third kappa shape index (κ3) is 3.55. The van der Waals surface area contributed by atoms with E-state index < -0.39 is 17.5 Å². The second-order valence-electron chi connectivity index (χ2n) is 8.04. The van der Waals surface area contributed by atoms with Crippen molar-refractivity contribution in [2.24, 2.45) is 0 Å². The number of anilines is 1. The number of carbonyl (C=O) groups excluding carboxylic acids is 1. The molecule has 2 aromatic heterocycles. The molecule has 2 aromatic rings. The van der Waals surface area contributed by atoms with Crippen LogP contribution in [0.5, 0.6) is 0 Å². The average Bonchev–Trinajstić information content (AvgIpc) is 3.25. The van der Waals surface area contributed by atoms with Gasteiger partial charge in [-0.25, -0.2) is 14.6 Å². The minimum atomic E-state index is -1.17. The molecule has 0 radical (unpaired) electrons. The van der Waals surface area contributed by atoms with E-state index in [-0.39, 0.29) is 5.54 Å². The van der Waals surface area contributed by atoms with Crippen LogP contribution in [0.1, 0.15) is 46.2 Å². The Kier molecular flexibility index (Phi) is 4.75. The summed E-state index contributed by atoms with van der Waals surface area (Å²) in [6.07, 6.45) is 4.88. The molecule has 1 saturated heterocycles. The molecule has 1 aliphatic rings. The Hall–Kier alpha value is -2.42. The lowest BCUT2D eigenvalue weighted by atomic mass is 10.00. The van der Waals surface area contributed by atoms with E-state index in [0.717, 1.165) is 16.1 Å². The van der Waals surface area contributed by atoms with Crippen molar-refractivity contribution in [1.82, 2.24) is 19.7 Å². The number of hydrogen-bond donors (Lipinski definition) is 2. The topological polar surface area (TPSA) is 100 Å². The second-order valence-corrected chi connectivity index (χ2v) is 9.04. The molecule has 1 aliphatic heterocycles. The first-order valence-electron chi connectivity index (χ1n) is 8.87. The van der Waals surface area contributed by atoms with Crippen molar-refractivity contribution in [3.05, 3.63) is 18.1 Å². The molecule has 3 rings (SSSR count). The van der Waals surface area contributed by atoms with Gasteiger partial charge in [0.1, 0.15) is 5.54 Å². The number of nitrogens with one attached hydrogen (secondary N) is 1. The van der Waals surface area contributed by atoms with E-state index in [1.807, 2.05) is 17.8 Å². The number of carboxylic acid groups (broad SMARTS) is 1. The number of thiazole rings is 1. The molecule has 0 saturated carbocycles. The number of rotatable bonds is 3. The Morgan fingerprint density at radius 1 is 1.37 bits per heavy atom. The monoisotopic (exact) mass is 391 g/mol. The highest BCUT2D eigenvalue weighted by Crippen LogP contribution is 2.35. The zero-order chi connectivity index (χ0) is 20.0. The van der Waals surface area contributed by atoms with Gasteiger partial charge in [-0.2, -0.15) is 5.10 Å².